The molecule has 0 aromatic rings. The van der Waals surface area contributed by atoms with E-state index in [1.54, 1.807) is 6.92 Å². The SMILES string of the molecule is C=C(C)C(=O)OC(C)(C)CC(C)(C)C(=O)OC1(CCCC)C2CC3CC(C2)CC1C3. The minimum Gasteiger partial charge on any atom is -0.458 e. The monoisotopic (exact) mass is 418 g/mol. The summed E-state index contributed by atoms with van der Waals surface area (Å²) in [5, 5.41) is 0. The van der Waals surface area contributed by atoms with Crippen LogP contribution in [0.25, 0.3) is 0 Å². The van der Waals surface area contributed by atoms with Gasteiger partial charge in [0.1, 0.15) is 11.2 Å². The van der Waals surface area contributed by atoms with Crippen LogP contribution < -0.4 is 0 Å². The lowest BCUT2D eigenvalue weighted by atomic mass is 9.49. The average Bonchev–Trinajstić information content (AvgIpc) is 2.61. The number of carbonyl (C=O) groups excluding carboxylic acids is 2. The first kappa shape index (κ1) is 23.3. The Labute approximate surface area is 183 Å². The molecule has 0 spiro atoms. The van der Waals surface area contributed by atoms with Crippen LogP contribution in [0.5, 0.6) is 0 Å². The van der Waals surface area contributed by atoms with Crippen LogP contribution in [0.2, 0.25) is 0 Å². The molecule has 4 nitrogen and oxygen atoms in total. The van der Waals surface area contributed by atoms with Crippen LogP contribution in [-0.2, 0) is 19.1 Å². The van der Waals surface area contributed by atoms with Gasteiger partial charge in [-0.2, -0.15) is 0 Å². The van der Waals surface area contributed by atoms with E-state index in [9.17, 15) is 9.59 Å². The fourth-order valence-corrected chi connectivity index (χ4v) is 6.88. The summed E-state index contributed by atoms with van der Waals surface area (Å²) >= 11 is 0. The lowest BCUT2D eigenvalue weighted by molar-refractivity contribution is -0.222. The molecule has 0 aliphatic heterocycles. The first-order valence-corrected chi connectivity index (χ1v) is 12.0. The van der Waals surface area contributed by atoms with E-state index >= 15 is 0 Å². The molecule has 4 aliphatic rings. The first-order chi connectivity index (χ1) is 13.9. The molecule has 4 bridgehead atoms. The Morgan fingerprint density at radius 1 is 1.00 bits per heavy atom. The van der Waals surface area contributed by atoms with E-state index < -0.39 is 17.0 Å². The Balaban J connectivity index is 1.75. The number of unbranched alkanes of at least 4 members (excludes halogenated alkanes) is 1. The third-order valence-corrected chi connectivity index (χ3v) is 7.86. The van der Waals surface area contributed by atoms with Crippen LogP contribution in [0.3, 0.4) is 0 Å². The van der Waals surface area contributed by atoms with Gasteiger partial charge in [0.15, 0.2) is 0 Å². The zero-order valence-corrected chi connectivity index (χ0v) is 20.0. The number of esters is 2. The maximum atomic E-state index is 13.5. The second kappa shape index (κ2) is 8.31. The molecule has 0 saturated heterocycles. The lowest BCUT2D eigenvalue weighted by Gasteiger charge is -2.60. The third kappa shape index (κ3) is 4.62. The van der Waals surface area contributed by atoms with Crippen molar-refractivity contribution >= 4 is 11.9 Å². The minimum atomic E-state index is -0.765. The number of carbonyl (C=O) groups is 2. The molecule has 4 aliphatic carbocycles. The van der Waals surface area contributed by atoms with E-state index in [4.69, 9.17) is 9.47 Å². The molecule has 0 N–H and O–H groups in total. The first-order valence-electron chi connectivity index (χ1n) is 12.0. The van der Waals surface area contributed by atoms with Gasteiger partial charge < -0.3 is 9.47 Å². The quantitative estimate of drug-likeness (QED) is 0.329. The lowest BCUT2D eigenvalue weighted by Crippen LogP contribution is -2.60. The van der Waals surface area contributed by atoms with Gasteiger partial charge in [0.25, 0.3) is 0 Å². The van der Waals surface area contributed by atoms with Crippen LogP contribution in [0.15, 0.2) is 12.2 Å². The van der Waals surface area contributed by atoms with Gasteiger partial charge in [-0.15, -0.1) is 0 Å². The fraction of sp³-hybridized carbons (Fsp3) is 0.846. The second-order valence-corrected chi connectivity index (χ2v) is 11.7. The molecule has 0 amide bonds. The second-order valence-electron chi connectivity index (χ2n) is 11.7. The Kier molecular flexibility index (Phi) is 6.47. The molecule has 0 atom stereocenters. The largest absolute Gasteiger partial charge is 0.458 e. The molecule has 4 saturated carbocycles. The molecule has 0 aromatic carbocycles. The predicted octanol–water partition coefficient (Wildman–Crippen LogP) is 6.23. The molecule has 0 heterocycles. The molecule has 4 fully saturated rings. The molecule has 4 rings (SSSR count). The summed E-state index contributed by atoms with van der Waals surface area (Å²) in [5.41, 5.74) is -1.40. The topological polar surface area (TPSA) is 52.6 Å². The van der Waals surface area contributed by atoms with E-state index in [1.807, 2.05) is 27.7 Å². The number of rotatable bonds is 9. The summed E-state index contributed by atoms with van der Waals surface area (Å²) in [5.74, 6) is 2.18. The summed E-state index contributed by atoms with van der Waals surface area (Å²) in [4.78, 5) is 25.6. The van der Waals surface area contributed by atoms with Gasteiger partial charge in [0.2, 0.25) is 0 Å². The highest BCUT2D eigenvalue weighted by molar-refractivity contribution is 5.87. The number of ether oxygens (including phenoxy) is 2. The molecule has 0 radical (unpaired) electrons. The summed E-state index contributed by atoms with van der Waals surface area (Å²) in [7, 11) is 0. The zero-order chi connectivity index (χ0) is 22.3. The standard InChI is InChI=1S/C26H42O4/c1-8-9-10-26(20-12-18-11-19(14-20)15-21(26)13-18)30-23(28)24(4,5)16-25(6,7)29-22(27)17(2)3/h18-21H,2,8-16H2,1,3-7H3. The molecule has 0 aromatic heterocycles. The van der Waals surface area contributed by atoms with Crippen molar-refractivity contribution in [1.29, 1.82) is 0 Å². The van der Waals surface area contributed by atoms with Crippen molar-refractivity contribution in [2.45, 2.75) is 111 Å². The van der Waals surface area contributed by atoms with Crippen molar-refractivity contribution in [3.63, 3.8) is 0 Å². The van der Waals surface area contributed by atoms with Gasteiger partial charge in [-0.25, -0.2) is 4.79 Å². The number of hydrogen-bond donors (Lipinski definition) is 0. The summed E-state index contributed by atoms with van der Waals surface area (Å²) in [6, 6.07) is 0. The van der Waals surface area contributed by atoms with Crippen LogP contribution in [0.1, 0.15) is 99.3 Å². The van der Waals surface area contributed by atoms with Gasteiger partial charge in [-0.3, -0.25) is 4.79 Å². The highest BCUT2D eigenvalue weighted by atomic mass is 16.6. The highest BCUT2D eigenvalue weighted by Crippen LogP contribution is 2.61. The van der Waals surface area contributed by atoms with Crippen molar-refractivity contribution in [1.82, 2.24) is 0 Å². The van der Waals surface area contributed by atoms with Crippen molar-refractivity contribution in [2.24, 2.45) is 29.1 Å². The van der Waals surface area contributed by atoms with E-state index in [2.05, 4.69) is 13.5 Å². The van der Waals surface area contributed by atoms with Gasteiger partial charge in [-0.05, 0) is 103 Å². The Morgan fingerprint density at radius 3 is 2.00 bits per heavy atom. The van der Waals surface area contributed by atoms with Gasteiger partial charge in [-0.1, -0.05) is 19.9 Å². The molecule has 30 heavy (non-hydrogen) atoms. The van der Waals surface area contributed by atoms with E-state index in [1.165, 1.54) is 32.1 Å². The van der Waals surface area contributed by atoms with Crippen molar-refractivity contribution in [3.8, 4) is 0 Å². The van der Waals surface area contributed by atoms with Crippen LogP contribution >= 0.6 is 0 Å². The van der Waals surface area contributed by atoms with E-state index in [0.717, 1.165) is 31.1 Å². The van der Waals surface area contributed by atoms with Gasteiger partial charge >= 0.3 is 11.9 Å². The highest BCUT2D eigenvalue weighted by Gasteiger charge is 2.59. The van der Waals surface area contributed by atoms with Crippen LogP contribution in [0.4, 0.5) is 0 Å². The summed E-state index contributed by atoms with van der Waals surface area (Å²) < 4.78 is 12.2. The molecular formula is C26H42O4. The Bertz CT molecular complexity index is 659. The van der Waals surface area contributed by atoms with Gasteiger partial charge in [0, 0.05) is 12.0 Å². The predicted molar refractivity (Wildman–Crippen MR) is 119 cm³/mol. The van der Waals surface area contributed by atoms with Crippen molar-refractivity contribution in [3.05, 3.63) is 12.2 Å². The summed E-state index contributed by atoms with van der Waals surface area (Å²) in [6.07, 6.45) is 9.95. The minimum absolute atomic E-state index is 0.134. The summed E-state index contributed by atoms with van der Waals surface area (Å²) in [6.45, 7) is 15.1. The third-order valence-electron chi connectivity index (χ3n) is 7.86. The Morgan fingerprint density at radius 2 is 1.53 bits per heavy atom. The normalized spacial score (nSPS) is 32.7. The van der Waals surface area contributed by atoms with E-state index in [-0.39, 0.29) is 11.6 Å². The van der Waals surface area contributed by atoms with Crippen LogP contribution in [-0.4, -0.2) is 23.1 Å². The van der Waals surface area contributed by atoms with Crippen LogP contribution in [0, 0.1) is 29.1 Å². The maximum absolute atomic E-state index is 13.5. The van der Waals surface area contributed by atoms with Crippen molar-refractivity contribution < 1.29 is 19.1 Å². The molecular weight excluding hydrogens is 376 g/mol. The smallest absolute Gasteiger partial charge is 0.333 e. The molecule has 4 heteroatoms. The fourth-order valence-electron chi connectivity index (χ4n) is 6.88. The maximum Gasteiger partial charge on any atom is 0.333 e. The molecule has 170 valence electrons. The number of hydrogen-bond acceptors (Lipinski definition) is 4. The van der Waals surface area contributed by atoms with E-state index in [0.29, 0.717) is 23.8 Å². The van der Waals surface area contributed by atoms with Crippen molar-refractivity contribution in [2.75, 3.05) is 0 Å². The zero-order valence-electron chi connectivity index (χ0n) is 20.0. The average molecular weight is 419 g/mol. The van der Waals surface area contributed by atoms with Gasteiger partial charge in [0.05, 0.1) is 5.41 Å². The molecule has 0 unspecified atom stereocenters. The Hall–Kier alpha value is -1.32.